The number of benzene rings is 3. The van der Waals surface area contributed by atoms with Crippen LogP contribution < -0.4 is 10.5 Å². The topological polar surface area (TPSA) is 109 Å². The highest BCUT2D eigenvalue weighted by molar-refractivity contribution is 7.86. The molecule has 9 heteroatoms. The second-order valence-electron chi connectivity index (χ2n) is 11.3. The van der Waals surface area contributed by atoms with Gasteiger partial charge in [0.15, 0.2) is 0 Å². The van der Waals surface area contributed by atoms with Crippen LogP contribution in [-0.2, 0) is 20.7 Å². The van der Waals surface area contributed by atoms with E-state index in [1.807, 2.05) is 35.7 Å². The number of anilines is 1. The molecule has 2 aromatic heterocycles. The summed E-state index contributed by atoms with van der Waals surface area (Å²) in [6.07, 6.45) is 7.02. The Morgan fingerprint density at radius 1 is 1.05 bits per heavy atom. The second-order valence-corrected chi connectivity index (χ2v) is 12.9. The van der Waals surface area contributed by atoms with Gasteiger partial charge >= 0.3 is 0 Å². The molecule has 214 valence electrons. The Morgan fingerprint density at radius 3 is 2.62 bits per heavy atom. The fraction of sp³-hybridized carbons (Fsp3) is 0.273. The SMILES string of the molecule is Cc1ccc(S(=O)(=O)OCC2CC(c3nc(-c4ccc5c(c4)OC(c4ccccc4)CC5)c4c(N)nccn34)C2)cc1. The first-order valence-electron chi connectivity index (χ1n) is 14.3. The van der Waals surface area contributed by atoms with Crippen molar-refractivity contribution in [2.45, 2.75) is 49.5 Å². The van der Waals surface area contributed by atoms with Crippen molar-refractivity contribution in [3.8, 4) is 17.0 Å². The van der Waals surface area contributed by atoms with E-state index in [1.165, 1.54) is 11.1 Å². The van der Waals surface area contributed by atoms with Gasteiger partial charge in [0, 0.05) is 23.9 Å². The maximum atomic E-state index is 12.6. The van der Waals surface area contributed by atoms with Gasteiger partial charge in [0.25, 0.3) is 10.1 Å². The number of imidazole rings is 1. The molecule has 1 fully saturated rings. The Balaban J connectivity index is 1.11. The highest BCUT2D eigenvalue weighted by Gasteiger charge is 2.36. The van der Waals surface area contributed by atoms with E-state index in [4.69, 9.17) is 19.6 Å². The number of nitrogens with zero attached hydrogens (tertiary/aromatic N) is 3. The molecule has 3 heterocycles. The molecule has 7 rings (SSSR count). The number of rotatable bonds is 7. The van der Waals surface area contributed by atoms with Gasteiger partial charge in [-0.25, -0.2) is 9.97 Å². The molecule has 5 aromatic rings. The molecule has 8 nitrogen and oxygen atoms in total. The van der Waals surface area contributed by atoms with Gasteiger partial charge in [0.2, 0.25) is 0 Å². The minimum absolute atomic E-state index is 0.0129. The fourth-order valence-electron chi connectivity index (χ4n) is 6.04. The van der Waals surface area contributed by atoms with E-state index in [0.29, 0.717) is 5.82 Å². The average molecular weight is 581 g/mol. The summed E-state index contributed by atoms with van der Waals surface area (Å²) in [5, 5.41) is 0. The van der Waals surface area contributed by atoms with E-state index in [-0.39, 0.29) is 29.4 Å². The lowest BCUT2D eigenvalue weighted by molar-refractivity contribution is 0.158. The maximum absolute atomic E-state index is 12.6. The average Bonchev–Trinajstić information content (AvgIpc) is 3.37. The molecule has 3 aromatic carbocycles. The third-order valence-electron chi connectivity index (χ3n) is 8.44. The lowest BCUT2D eigenvalue weighted by atomic mass is 9.75. The Bertz CT molecular complexity index is 1860. The number of aromatic nitrogens is 3. The molecule has 1 aliphatic heterocycles. The molecule has 0 spiro atoms. The minimum Gasteiger partial charge on any atom is -0.485 e. The predicted molar refractivity (Wildman–Crippen MR) is 161 cm³/mol. The summed E-state index contributed by atoms with van der Waals surface area (Å²) in [6, 6.07) is 23.3. The first-order chi connectivity index (χ1) is 20.4. The number of hydrogen-bond acceptors (Lipinski definition) is 7. The van der Waals surface area contributed by atoms with Crippen molar-refractivity contribution in [2.24, 2.45) is 5.92 Å². The molecular weight excluding hydrogens is 548 g/mol. The number of aryl methyl sites for hydroxylation is 2. The van der Waals surface area contributed by atoms with Crippen LogP contribution in [0.2, 0.25) is 0 Å². The molecular formula is C33H32N4O4S. The lowest BCUT2D eigenvalue weighted by Gasteiger charge is -2.34. The van der Waals surface area contributed by atoms with Crippen LogP contribution >= 0.6 is 0 Å². The quantitative estimate of drug-likeness (QED) is 0.227. The van der Waals surface area contributed by atoms with E-state index in [1.54, 1.807) is 30.5 Å². The molecule has 0 saturated heterocycles. The molecule has 1 saturated carbocycles. The molecule has 1 aliphatic carbocycles. The molecule has 0 bridgehead atoms. The van der Waals surface area contributed by atoms with Crippen LogP contribution in [0.1, 0.15) is 53.8 Å². The third-order valence-corrected chi connectivity index (χ3v) is 9.73. The van der Waals surface area contributed by atoms with Crippen LogP contribution in [0.4, 0.5) is 5.82 Å². The summed E-state index contributed by atoms with van der Waals surface area (Å²) >= 11 is 0. The van der Waals surface area contributed by atoms with Gasteiger partial charge in [0.1, 0.15) is 34.7 Å². The van der Waals surface area contributed by atoms with Crippen molar-refractivity contribution in [2.75, 3.05) is 12.3 Å². The highest BCUT2D eigenvalue weighted by Crippen LogP contribution is 2.44. The van der Waals surface area contributed by atoms with Crippen LogP contribution in [0.5, 0.6) is 5.75 Å². The first-order valence-corrected chi connectivity index (χ1v) is 15.7. The number of nitrogens with two attached hydrogens (primary N) is 1. The molecule has 1 unspecified atom stereocenters. The third kappa shape index (κ3) is 4.92. The molecule has 2 aliphatic rings. The summed E-state index contributed by atoms with van der Waals surface area (Å²) in [5.41, 5.74) is 12.2. The van der Waals surface area contributed by atoms with Crippen LogP contribution in [0, 0.1) is 12.8 Å². The highest BCUT2D eigenvalue weighted by atomic mass is 32.2. The van der Waals surface area contributed by atoms with Crippen molar-refractivity contribution >= 4 is 21.5 Å². The zero-order valence-electron chi connectivity index (χ0n) is 23.3. The van der Waals surface area contributed by atoms with Gasteiger partial charge in [-0.05, 0) is 67.9 Å². The zero-order chi connectivity index (χ0) is 28.8. The van der Waals surface area contributed by atoms with Gasteiger partial charge in [-0.3, -0.25) is 8.58 Å². The van der Waals surface area contributed by atoms with Gasteiger partial charge in [0.05, 0.1) is 11.5 Å². The molecule has 1 atom stereocenters. The number of nitrogen functional groups attached to an aromatic ring is 1. The van der Waals surface area contributed by atoms with Gasteiger partial charge in [-0.2, -0.15) is 8.42 Å². The van der Waals surface area contributed by atoms with Crippen LogP contribution in [-0.4, -0.2) is 29.4 Å². The van der Waals surface area contributed by atoms with Gasteiger partial charge in [-0.1, -0.05) is 60.2 Å². The van der Waals surface area contributed by atoms with E-state index < -0.39 is 10.1 Å². The van der Waals surface area contributed by atoms with Crippen LogP contribution in [0.15, 0.2) is 90.1 Å². The molecule has 42 heavy (non-hydrogen) atoms. The normalized spacial score (nSPS) is 20.1. The van der Waals surface area contributed by atoms with Crippen LogP contribution in [0.25, 0.3) is 16.8 Å². The molecule has 0 amide bonds. The monoisotopic (exact) mass is 580 g/mol. The Kier molecular flexibility index (Phi) is 6.71. The second kappa shape index (κ2) is 10.6. The largest absolute Gasteiger partial charge is 0.485 e. The number of ether oxygens (including phenoxy) is 1. The molecule has 0 radical (unpaired) electrons. The summed E-state index contributed by atoms with van der Waals surface area (Å²) in [4.78, 5) is 9.63. The standard InChI is InChI=1S/C33H32N4O4S/c1-21-7-12-27(13-8-21)42(38,39)40-20-22-17-26(18-22)33-36-30(31-32(34)35-15-16-37(31)33)25-10-9-24-11-14-28(41-29(24)19-25)23-5-3-2-4-6-23/h2-10,12-13,15-16,19,22,26,28H,11,14,17-18,20H2,1H3,(H2,34,35). The predicted octanol–water partition coefficient (Wildman–Crippen LogP) is 6.25. The summed E-state index contributed by atoms with van der Waals surface area (Å²) in [7, 11) is -3.79. The molecule has 2 N–H and O–H groups in total. The Hall–Kier alpha value is -4.21. The fourth-order valence-corrected chi connectivity index (χ4v) is 7.01. The van der Waals surface area contributed by atoms with E-state index in [9.17, 15) is 8.42 Å². The van der Waals surface area contributed by atoms with E-state index >= 15 is 0 Å². The minimum atomic E-state index is -3.79. The van der Waals surface area contributed by atoms with Crippen molar-refractivity contribution in [1.29, 1.82) is 0 Å². The first kappa shape index (κ1) is 26.7. The van der Waals surface area contributed by atoms with Crippen molar-refractivity contribution in [3.63, 3.8) is 0 Å². The van der Waals surface area contributed by atoms with Crippen LogP contribution in [0.3, 0.4) is 0 Å². The Labute approximate surface area is 245 Å². The summed E-state index contributed by atoms with van der Waals surface area (Å²) in [5.74, 6) is 2.45. The summed E-state index contributed by atoms with van der Waals surface area (Å²) in [6.45, 7) is 2.07. The lowest BCUT2D eigenvalue weighted by Crippen LogP contribution is -2.28. The summed E-state index contributed by atoms with van der Waals surface area (Å²) < 4.78 is 39.2. The van der Waals surface area contributed by atoms with E-state index in [0.717, 1.165) is 59.6 Å². The zero-order valence-corrected chi connectivity index (χ0v) is 24.1. The number of fused-ring (bicyclic) bond motifs is 2. The van der Waals surface area contributed by atoms with Gasteiger partial charge in [-0.15, -0.1) is 0 Å². The Morgan fingerprint density at radius 2 is 1.83 bits per heavy atom. The van der Waals surface area contributed by atoms with E-state index in [2.05, 4.69) is 35.3 Å². The number of hydrogen-bond donors (Lipinski definition) is 1. The van der Waals surface area contributed by atoms with Crippen molar-refractivity contribution in [1.82, 2.24) is 14.4 Å². The van der Waals surface area contributed by atoms with Gasteiger partial charge < -0.3 is 10.5 Å². The van der Waals surface area contributed by atoms with Crippen molar-refractivity contribution < 1.29 is 17.3 Å². The smallest absolute Gasteiger partial charge is 0.296 e. The van der Waals surface area contributed by atoms with Crippen molar-refractivity contribution in [3.05, 3.63) is 108 Å². The maximum Gasteiger partial charge on any atom is 0.296 e.